The molecule has 1 aliphatic rings. The van der Waals surface area contributed by atoms with E-state index in [1.165, 1.54) is 22.3 Å². The molecular weight excluding hydrogens is 296 g/mol. The van der Waals surface area contributed by atoms with Crippen LogP contribution >= 0.6 is 0 Å². The van der Waals surface area contributed by atoms with Gasteiger partial charge in [-0.25, -0.2) is 10.4 Å². The maximum absolute atomic E-state index is 11.3. The number of benzene rings is 2. The van der Waals surface area contributed by atoms with E-state index < -0.39 is 0 Å². The fourth-order valence-corrected chi connectivity index (χ4v) is 3.54. The zero-order valence-electron chi connectivity index (χ0n) is 14.5. The van der Waals surface area contributed by atoms with Gasteiger partial charge in [-0.1, -0.05) is 48.5 Å². The minimum atomic E-state index is -0.260. The Hall–Kier alpha value is -1.97. The molecule has 1 N–H and O–H groups in total. The topological polar surface area (TPSA) is 32.3 Å². The molecule has 3 nitrogen and oxygen atoms in total. The van der Waals surface area contributed by atoms with Gasteiger partial charge in [0.2, 0.25) is 6.29 Å². The van der Waals surface area contributed by atoms with Gasteiger partial charge < -0.3 is 0 Å². The molecule has 0 heterocycles. The summed E-state index contributed by atoms with van der Waals surface area (Å²) in [5.41, 5.74) is 8.86. The minimum Gasteiger partial charge on any atom is -0.289 e. The molecule has 0 saturated carbocycles. The summed E-state index contributed by atoms with van der Waals surface area (Å²) in [7, 11) is 0. The SMILES string of the molecule is Cc1ccccc1CNN(C1CCc2ccccc2C1)[C@@H](C)[C]=O. The van der Waals surface area contributed by atoms with E-state index in [4.69, 9.17) is 0 Å². The molecule has 1 unspecified atom stereocenters. The first-order chi connectivity index (χ1) is 11.7. The normalized spacial score (nSPS) is 18.2. The van der Waals surface area contributed by atoms with Gasteiger partial charge in [-0.05, 0) is 55.4 Å². The summed E-state index contributed by atoms with van der Waals surface area (Å²) in [5.74, 6) is 0. The number of rotatable bonds is 6. The van der Waals surface area contributed by atoms with Crippen LogP contribution < -0.4 is 5.43 Å². The molecule has 2 aromatic carbocycles. The van der Waals surface area contributed by atoms with Crippen molar-refractivity contribution in [3.63, 3.8) is 0 Å². The van der Waals surface area contributed by atoms with Crippen LogP contribution in [-0.4, -0.2) is 23.4 Å². The molecule has 0 amide bonds. The number of hydrogen-bond donors (Lipinski definition) is 1. The molecule has 2 aromatic rings. The molecule has 125 valence electrons. The summed E-state index contributed by atoms with van der Waals surface area (Å²) in [4.78, 5) is 11.3. The van der Waals surface area contributed by atoms with E-state index in [2.05, 4.69) is 72.2 Å². The van der Waals surface area contributed by atoms with Crippen molar-refractivity contribution >= 4 is 6.29 Å². The molecule has 2 atom stereocenters. The van der Waals surface area contributed by atoms with E-state index in [9.17, 15) is 4.79 Å². The van der Waals surface area contributed by atoms with Gasteiger partial charge in [0.05, 0.1) is 6.04 Å². The Balaban J connectivity index is 1.73. The van der Waals surface area contributed by atoms with E-state index >= 15 is 0 Å². The second-order valence-corrected chi connectivity index (χ2v) is 6.63. The molecule has 1 aliphatic carbocycles. The van der Waals surface area contributed by atoms with Crippen LogP contribution in [0.15, 0.2) is 48.5 Å². The van der Waals surface area contributed by atoms with Crippen LogP contribution in [0.25, 0.3) is 0 Å². The zero-order valence-corrected chi connectivity index (χ0v) is 14.5. The molecule has 3 rings (SSSR count). The number of aryl methyl sites for hydroxylation is 2. The fraction of sp³-hybridized carbons (Fsp3) is 0.381. The van der Waals surface area contributed by atoms with Crippen molar-refractivity contribution in [2.24, 2.45) is 0 Å². The van der Waals surface area contributed by atoms with Gasteiger partial charge in [0, 0.05) is 12.6 Å². The standard InChI is InChI=1S/C21H25N2O/c1-16-7-3-4-10-20(16)14-22-23(17(2)15-24)21-12-11-18-8-5-6-9-19(18)13-21/h3-10,17,21-22H,11-14H2,1-2H3/t17-,21?/m0/s1. The maximum Gasteiger partial charge on any atom is 0.218 e. The van der Waals surface area contributed by atoms with Crippen LogP contribution in [0.4, 0.5) is 0 Å². The van der Waals surface area contributed by atoms with Crippen molar-refractivity contribution in [2.45, 2.75) is 51.7 Å². The van der Waals surface area contributed by atoms with Crippen molar-refractivity contribution in [3.05, 3.63) is 70.8 Å². The summed E-state index contributed by atoms with van der Waals surface area (Å²) in [6.45, 7) is 4.77. The number of hydrazine groups is 1. The Morgan fingerprint density at radius 3 is 2.62 bits per heavy atom. The highest BCUT2D eigenvalue weighted by Gasteiger charge is 2.27. The lowest BCUT2D eigenvalue weighted by molar-refractivity contribution is 0.0909. The van der Waals surface area contributed by atoms with E-state index in [0.29, 0.717) is 6.04 Å². The number of fused-ring (bicyclic) bond motifs is 1. The van der Waals surface area contributed by atoms with Crippen LogP contribution in [0.1, 0.15) is 35.6 Å². The van der Waals surface area contributed by atoms with Gasteiger partial charge in [0.15, 0.2) is 0 Å². The third-order valence-corrected chi connectivity index (χ3v) is 5.02. The smallest absolute Gasteiger partial charge is 0.218 e. The number of nitrogens with zero attached hydrogens (tertiary/aromatic N) is 1. The van der Waals surface area contributed by atoms with E-state index in [1.807, 2.05) is 6.92 Å². The zero-order chi connectivity index (χ0) is 16.9. The first-order valence-corrected chi connectivity index (χ1v) is 8.70. The third kappa shape index (κ3) is 3.74. The highest BCUT2D eigenvalue weighted by atomic mass is 16.1. The summed E-state index contributed by atoms with van der Waals surface area (Å²) < 4.78 is 0. The van der Waals surface area contributed by atoms with Gasteiger partial charge >= 0.3 is 0 Å². The minimum absolute atomic E-state index is 0.260. The third-order valence-electron chi connectivity index (χ3n) is 5.02. The largest absolute Gasteiger partial charge is 0.289 e. The molecular formula is C21H25N2O. The van der Waals surface area contributed by atoms with Crippen molar-refractivity contribution in [3.8, 4) is 0 Å². The summed E-state index contributed by atoms with van der Waals surface area (Å²) >= 11 is 0. The molecule has 0 aliphatic heterocycles. The lowest BCUT2D eigenvalue weighted by Gasteiger charge is -2.37. The lowest BCUT2D eigenvalue weighted by atomic mass is 9.87. The molecule has 1 radical (unpaired) electrons. The number of nitrogens with one attached hydrogen (secondary N) is 1. The molecule has 3 heteroatoms. The molecule has 0 spiro atoms. The van der Waals surface area contributed by atoms with Gasteiger partial charge in [-0.15, -0.1) is 0 Å². The molecule has 24 heavy (non-hydrogen) atoms. The highest BCUT2D eigenvalue weighted by molar-refractivity contribution is 5.57. The maximum atomic E-state index is 11.3. The van der Waals surface area contributed by atoms with Gasteiger partial charge in [0.25, 0.3) is 0 Å². The lowest BCUT2D eigenvalue weighted by Crippen LogP contribution is -2.53. The second-order valence-electron chi connectivity index (χ2n) is 6.63. The van der Waals surface area contributed by atoms with E-state index in [1.54, 1.807) is 0 Å². The summed E-state index contributed by atoms with van der Waals surface area (Å²) in [5, 5.41) is 2.11. The molecule has 0 bridgehead atoms. The van der Waals surface area contributed by atoms with Crippen molar-refractivity contribution in [2.75, 3.05) is 0 Å². The van der Waals surface area contributed by atoms with Crippen molar-refractivity contribution < 1.29 is 4.79 Å². The highest BCUT2D eigenvalue weighted by Crippen LogP contribution is 2.24. The molecule has 0 saturated heterocycles. The van der Waals surface area contributed by atoms with Crippen LogP contribution in [0, 0.1) is 6.92 Å². The quantitative estimate of drug-likeness (QED) is 0.828. The van der Waals surface area contributed by atoms with E-state index in [0.717, 1.165) is 25.8 Å². The Bertz CT molecular complexity index is 698. The summed E-state index contributed by atoms with van der Waals surface area (Å²) in [6.07, 6.45) is 5.25. The van der Waals surface area contributed by atoms with Crippen LogP contribution in [0.5, 0.6) is 0 Å². The predicted octanol–water partition coefficient (Wildman–Crippen LogP) is 3.36. The molecule has 0 fully saturated rings. The average Bonchev–Trinajstić information content (AvgIpc) is 2.63. The number of carbonyl (C=O) groups excluding carboxylic acids is 1. The van der Waals surface area contributed by atoms with Crippen molar-refractivity contribution in [1.29, 1.82) is 0 Å². The fourth-order valence-electron chi connectivity index (χ4n) is 3.54. The Kier molecular flexibility index (Phi) is 5.44. The van der Waals surface area contributed by atoms with Gasteiger partial charge in [0.1, 0.15) is 0 Å². The monoisotopic (exact) mass is 321 g/mol. The molecule has 0 aromatic heterocycles. The predicted molar refractivity (Wildman–Crippen MR) is 97.3 cm³/mol. The van der Waals surface area contributed by atoms with E-state index in [-0.39, 0.29) is 6.04 Å². The van der Waals surface area contributed by atoms with Crippen molar-refractivity contribution in [1.82, 2.24) is 10.4 Å². The van der Waals surface area contributed by atoms with Gasteiger partial charge in [-0.2, -0.15) is 0 Å². The Labute approximate surface area is 144 Å². The van der Waals surface area contributed by atoms with Crippen LogP contribution in [0.2, 0.25) is 0 Å². The van der Waals surface area contributed by atoms with Crippen LogP contribution in [0.3, 0.4) is 0 Å². The second kappa shape index (κ2) is 7.73. The Morgan fingerprint density at radius 1 is 1.17 bits per heavy atom. The first kappa shape index (κ1) is 16.9. The van der Waals surface area contributed by atoms with Crippen LogP contribution in [-0.2, 0) is 24.2 Å². The average molecular weight is 321 g/mol. The first-order valence-electron chi connectivity index (χ1n) is 8.70. The van der Waals surface area contributed by atoms with Gasteiger partial charge in [-0.3, -0.25) is 4.79 Å². The Morgan fingerprint density at radius 2 is 1.88 bits per heavy atom. The summed E-state index contributed by atoms with van der Waals surface area (Å²) in [6, 6.07) is 17.0. The number of hydrogen-bond acceptors (Lipinski definition) is 3.